The molecule has 107 heavy (non-hydrogen) atoms. The molecule has 0 heterocycles. The molecule has 13 amide bonds. The van der Waals surface area contributed by atoms with Crippen LogP contribution in [0.15, 0.2) is 121 Å². The highest BCUT2D eigenvalue weighted by Crippen LogP contribution is 2.19. The van der Waals surface area contributed by atoms with Crippen molar-refractivity contribution >= 4 is 95.0 Å². The number of benzene rings is 4. The van der Waals surface area contributed by atoms with E-state index in [0.717, 1.165) is 27.4 Å². The number of hydrogen-bond donors (Lipinski definition) is 11. The molecule has 0 unspecified atom stereocenters. The van der Waals surface area contributed by atoms with E-state index in [0.29, 0.717) is 16.7 Å². The van der Waals surface area contributed by atoms with Gasteiger partial charge in [-0.05, 0) is 103 Å². The van der Waals surface area contributed by atoms with E-state index in [9.17, 15) is 67.1 Å². The number of nitrogens with one attached hydrogen (secondary N) is 10. The van der Waals surface area contributed by atoms with Crippen LogP contribution in [0.4, 0.5) is 4.79 Å². The molecule has 0 radical (unpaired) electrons. The van der Waals surface area contributed by atoms with E-state index >= 15 is 0 Å². The van der Waals surface area contributed by atoms with Gasteiger partial charge in [0.05, 0.1) is 49.5 Å². The third-order valence-electron chi connectivity index (χ3n) is 16.4. The lowest BCUT2D eigenvalue weighted by molar-refractivity contribution is -0.145. The number of likely N-dealkylation sites (N-methyl/N-ethyl adjacent to an activating group) is 2. The van der Waals surface area contributed by atoms with Crippen molar-refractivity contribution in [2.45, 2.75) is 199 Å². The maximum atomic E-state index is 14.8. The van der Waals surface area contributed by atoms with Crippen molar-refractivity contribution in [2.24, 2.45) is 17.6 Å². The largest absolute Gasteiger partial charge is 0.444 e. The number of carbonyl (C=O) groups excluding carboxylic acids is 14. The van der Waals surface area contributed by atoms with Crippen LogP contribution in [0, 0.1) is 11.8 Å². The molecule has 0 saturated heterocycles. The molecule has 10 atom stereocenters. The van der Waals surface area contributed by atoms with Crippen LogP contribution >= 0.6 is 12.0 Å². The Bertz CT molecular complexity index is 3660. The van der Waals surface area contributed by atoms with Crippen LogP contribution in [-0.4, -0.2) is 198 Å². The van der Waals surface area contributed by atoms with Crippen molar-refractivity contribution in [3.05, 3.63) is 144 Å². The van der Waals surface area contributed by atoms with Gasteiger partial charge in [0.1, 0.15) is 66.0 Å². The molecule has 4 aromatic carbocycles. The third kappa shape index (κ3) is 32.5. The summed E-state index contributed by atoms with van der Waals surface area (Å²) in [4.78, 5) is 196. The van der Waals surface area contributed by atoms with Gasteiger partial charge < -0.3 is 82.4 Å². The van der Waals surface area contributed by atoms with E-state index in [2.05, 4.69) is 53.2 Å². The third-order valence-corrected chi connectivity index (χ3v) is 17.1. The number of alkyl carbamates (subject to hydrolysis) is 1. The van der Waals surface area contributed by atoms with Crippen LogP contribution in [-0.2, 0) is 101 Å². The van der Waals surface area contributed by atoms with Crippen molar-refractivity contribution in [1.82, 2.24) is 63.0 Å². The minimum Gasteiger partial charge on any atom is -0.444 e. The van der Waals surface area contributed by atoms with Crippen LogP contribution in [0.25, 0.3) is 0 Å². The number of ether oxygens (including phenoxy) is 2. The SMILES string of the molecule is CC(C)C[C@H](NC(=O)CNC(=O)[C@H](Cc1ccccc1)N(C)C(=O)[C@H](C)NC(=O)[C@H](Cc1ccccc1)NC(=O)OC(C)(C)C)C(=O)N[C@@H](C)C(=O)N[C@H](C(=O)N[C@@H](Cc1ccccc1)C(=O)N[C@@H](CC(=O)OSCc1ccccc1)C(=O)N(C)[C@@H](C)C(=O)N[C@@H](COC(C)(C)C)C(=O)NCC(N)=O)C(C)C. The topological polar surface area (TPSA) is 419 Å². The van der Waals surface area contributed by atoms with Crippen molar-refractivity contribution < 1.29 is 80.8 Å². The maximum Gasteiger partial charge on any atom is 0.408 e. The maximum absolute atomic E-state index is 14.8. The first-order valence-corrected chi connectivity index (χ1v) is 36.2. The summed E-state index contributed by atoms with van der Waals surface area (Å²) in [6.45, 7) is 19.5. The second kappa shape index (κ2) is 43.3. The quantitative estimate of drug-likeness (QED) is 0.0285. The zero-order valence-electron chi connectivity index (χ0n) is 63.7. The van der Waals surface area contributed by atoms with Gasteiger partial charge in [0.2, 0.25) is 70.9 Å². The van der Waals surface area contributed by atoms with Gasteiger partial charge in [-0.1, -0.05) is 149 Å². The van der Waals surface area contributed by atoms with E-state index in [-0.39, 0.29) is 44.0 Å². The molecule has 0 aromatic heterocycles. The summed E-state index contributed by atoms with van der Waals surface area (Å²) in [6, 6.07) is 21.4. The van der Waals surface area contributed by atoms with Crippen molar-refractivity contribution in [3.8, 4) is 0 Å². The Labute approximate surface area is 630 Å². The average molecular weight is 1510 g/mol. The van der Waals surface area contributed by atoms with Crippen molar-refractivity contribution in [3.63, 3.8) is 0 Å². The molecule has 30 nitrogen and oxygen atoms in total. The predicted molar refractivity (Wildman–Crippen MR) is 401 cm³/mol. The molecule has 0 aliphatic carbocycles. The number of nitrogens with zero attached hydrogens (tertiary/aromatic N) is 2. The zero-order chi connectivity index (χ0) is 79.9. The Morgan fingerprint density at radius 1 is 0.449 bits per heavy atom. The Morgan fingerprint density at radius 3 is 1.42 bits per heavy atom. The van der Waals surface area contributed by atoms with Gasteiger partial charge in [-0.25, -0.2) is 4.79 Å². The van der Waals surface area contributed by atoms with Crippen LogP contribution in [0.2, 0.25) is 0 Å². The smallest absolute Gasteiger partial charge is 0.408 e. The molecule has 0 bridgehead atoms. The summed E-state index contributed by atoms with van der Waals surface area (Å²) >= 11 is 0.775. The highest BCUT2D eigenvalue weighted by atomic mass is 32.2. The minimum absolute atomic E-state index is 0.0268. The normalized spacial score (nSPS) is 14.1. The van der Waals surface area contributed by atoms with E-state index in [1.165, 1.54) is 34.9 Å². The second-order valence-electron chi connectivity index (χ2n) is 28.7. The van der Waals surface area contributed by atoms with Crippen LogP contribution in [0.1, 0.15) is 125 Å². The first kappa shape index (κ1) is 89.0. The van der Waals surface area contributed by atoms with Crippen LogP contribution in [0.5, 0.6) is 0 Å². The molecule has 0 saturated carbocycles. The summed E-state index contributed by atoms with van der Waals surface area (Å²) in [5.41, 5.74) is 6.29. The summed E-state index contributed by atoms with van der Waals surface area (Å²) in [6.07, 6.45) is -1.74. The lowest BCUT2D eigenvalue weighted by atomic mass is 10.00. The molecule has 0 aliphatic heterocycles. The van der Waals surface area contributed by atoms with Gasteiger partial charge in [-0.3, -0.25) is 62.3 Å². The number of amides is 13. The number of rotatable bonds is 40. The summed E-state index contributed by atoms with van der Waals surface area (Å²) in [5.74, 6) is -11.6. The Kier molecular flexibility index (Phi) is 36.0. The second-order valence-corrected chi connectivity index (χ2v) is 29.4. The summed E-state index contributed by atoms with van der Waals surface area (Å²) in [7, 11) is 2.60. The minimum atomic E-state index is -1.75. The van der Waals surface area contributed by atoms with Gasteiger partial charge in [0.15, 0.2) is 0 Å². The van der Waals surface area contributed by atoms with Gasteiger partial charge in [-0.2, -0.15) is 0 Å². The lowest BCUT2D eigenvalue weighted by Gasteiger charge is -2.31. The fourth-order valence-corrected chi connectivity index (χ4v) is 11.0. The zero-order valence-corrected chi connectivity index (χ0v) is 64.5. The summed E-state index contributed by atoms with van der Waals surface area (Å²) in [5, 5.41) is 25.9. The molecule has 0 aliphatic rings. The molecule has 31 heteroatoms. The van der Waals surface area contributed by atoms with Gasteiger partial charge in [-0.15, -0.1) is 0 Å². The Balaban J connectivity index is 1.51. The van der Waals surface area contributed by atoms with Gasteiger partial charge in [0, 0.05) is 33.4 Å². The molecular formula is C76H107N13O17S. The molecule has 12 N–H and O–H groups in total. The Morgan fingerprint density at radius 2 is 0.916 bits per heavy atom. The standard InChI is InChI=1S/C76H107N13O17S/c1-45(2)36-54(82-61(91)42-79-70(99)59(39-52-32-24-18-25-33-52)89(15)72(101)48(6)81-68(97)56(38-51-30-22-17-23-31-51)86-74(103)105-76(11,12)13)67(96)80-47(5)64(93)87-63(46(3)4)71(100)83-55(37-50-28-20-16-21-29-50)69(98)84-57(40-62(92)106-107-44-53-34-26-19-27-35-53)73(102)88(14)49(7)65(94)85-58(43-104-75(8,9)10)66(95)78-41-60(77)90/h16-35,45-49,54-59,63H,36-44H2,1-15H3,(H2,77,90)(H,78,95)(H,79,99)(H,80,96)(H,81,97)(H,82,91)(H,83,100)(H,84,98)(H,85,94)(H,86,103)(H,87,93)/t47-,48-,49-,54-,55-,56-,57-,58-,59-,63-/m0/s1. The molecule has 0 fully saturated rings. The predicted octanol–water partition coefficient (Wildman–Crippen LogP) is 2.73. The highest BCUT2D eigenvalue weighted by molar-refractivity contribution is 7.94. The van der Waals surface area contributed by atoms with E-state index < -0.39 is 180 Å². The first-order valence-electron chi connectivity index (χ1n) is 35.3. The number of hydrogen-bond acceptors (Lipinski definition) is 18. The molecule has 4 aromatic rings. The van der Waals surface area contributed by atoms with Crippen molar-refractivity contribution in [2.75, 3.05) is 33.8 Å². The lowest BCUT2D eigenvalue weighted by Crippen LogP contribution is -2.61. The van der Waals surface area contributed by atoms with Crippen LogP contribution in [0.3, 0.4) is 0 Å². The molecule has 0 spiro atoms. The number of primary amides is 1. The van der Waals surface area contributed by atoms with E-state index in [1.54, 1.807) is 184 Å². The van der Waals surface area contributed by atoms with Gasteiger partial charge in [0.25, 0.3) is 0 Å². The first-order chi connectivity index (χ1) is 50.2. The monoisotopic (exact) mass is 1510 g/mol. The van der Waals surface area contributed by atoms with E-state index in [4.69, 9.17) is 19.4 Å². The number of carbonyl (C=O) groups is 14. The molecule has 4 rings (SSSR count). The fourth-order valence-electron chi connectivity index (χ4n) is 10.5. The Hall–Kier alpha value is -10.4. The molecular weight excluding hydrogens is 1400 g/mol. The molecule has 584 valence electrons. The van der Waals surface area contributed by atoms with Gasteiger partial charge >= 0.3 is 12.1 Å². The van der Waals surface area contributed by atoms with E-state index in [1.807, 2.05) is 6.07 Å². The fraction of sp³-hybridized carbons (Fsp3) is 0.500. The van der Waals surface area contributed by atoms with Crippen molar-refractivity contribution in [1.29, 1.82) is 0 Å². The average Bonchev–Trinajstić information content (AvgIpc) is 0.842. The number of nitrogens with two attached hydrogens (primary N) is 1. The van der Waals surface area contributed by atoms with Crippen LogP contribution < -0.4 is 58.9 Å². The highest BCUT2D eigenvalue weighted by Gasteiger charge is 2.39. The summed E-state index contributed by atoms with van der Waals surface area (Å²) < 4.78 is 16.6.